The number of rotatable bonds is 6. The van der Waals surface area contributed by atoms with E-state index in [0.717, 1.165) is 5.56 Å². The average Bonchev–Trinajstić information content (AvgIpc) is 2.29. The van der Waals surface area contributed by atoms with Gasteiger partial charge in [-0.1, -0.05) is 37.3 Å². The number of hydrogen-bond donors (Lipinski definition) is 2. The van der Waals surface area contributed by atoms with E-state index in [1.807, 2.05) is 37.3 Å². The number of ether oxygens (including phenoxy) is 1. The lowest BCUT2D eigenvalue weighted by atomic mass is 10.0. The molecule has 1 rings (SSSR count). The standard InChI is InChI=1S/C13H20O3/c1-10(13(15)11(2)14)8-16-9-12-6-4-3-5-7-12/h3-7,10-11,13-15H,8-9H2,1-2H3/t10-,11+,13-/m1/s1. The van der Waals surface area contributed by atoms with E-state index in [2.05, 4.69) is 0 Å². The zero-order chi connectivity index (χ0) is 12.0. The Labute approximate surface area is 96.7 Å². The molecule has 0 fully saturated rings. The summed E-state index contributed by atoms with van der Waals surface area (Å²) in [6.45, 7) is 4.43. The minimum atomic E-state index is -0.726. The van der Waals surface area contributed by atoms with E-state index in [4.69, 9.17) is 4.74 Å². The van der Waals surface area contributed by atoms with Gasteiger partial charge in [-0.3, -0.25) is 0 Å². The highest BCUT2D eigenvalue weighted by Crippen LogP contribution is 2.09. The molecule has 16 heavy (non-hydrogen) atoms. The Bertz CT molecular complexity index is 284. The average molecular weight is 224 g/mol. The molecule has 0 spiro atoms. The van der Waals surface area contributed by atoms with Crippen molar-refractivity contribution in [2.75, 3.05) is 6.61 Å². The fourth-order valence-corrected chi connectivity index (χ4v) is 1.51. The van der Waals surface area contributed by atoms with E-state index in [1.165, 1.54) is 0 Å². The van der Waals surface area contributed by atoms with Gasteiger partial charge in [0, 0.05) is 5.92 Å². The maximum atomic E-state index is 9.56. The van der Waals surface area contributed by atoms with Crippen LogP contribution in [0, 0.1) is 5.92 Å². The Hall–Kier alpha value is -0.900. The summed E-state index contributed by atoms with van der Waals surface area (Å²) >= 11 is 0. The molecule has 0 saturated carbocycles. The molecule has 0 aliphatic rings. The predicted molar refractivity (Wildman–Crippen MR) is 62.9 cm³/mol. The Morgan fingerprint density at radius 2 is 1.75 bits per heavy atom. The van der Waals surface area contributed by atoms with Crippen molar-refractivity contribution in [3.8, 4) is 0 Å². The van der Waals surface area contributed by atoms with Crippen LogP contribution in [0.3, 0.4) is 0 Å². The Kier molecular flexibility index (Phi) is 5.46. The molecule has 0 aliphatic carbocycles. The lowest BCUT2D eigenvalue weighted by Gasteiger charge is -2.21. The second-order valence-corrected chi connectivity index (χ2v) is 4.21. The molecule has 3 nitrogen and oxygen atoms in total. The van der Waals surface area contributed by atoms with Crippen LogP contribution >= 0.6 is 0 Å². The number of hydrogen-bond acceptors (Lipinski definition) is 3. The van der Waals surface area contributed by atoms with Crippen LogP contribution in [0.1, 0.15) is 19.4 Å². The monoisotopic (exact) mass is 224 g/mol. The van der Waals surface area contributed by atoms with Gasteiger partial charge in [0.2, 0.25) is 0 Å². The van der Waals surface area contributed by atoms with Crippen LogP contribution in [0.25, 0.3) is 0 Å². The van der Waals surface area contributed by atoms with E-state index < -0.39 is 12.2 Å². The minimum absolute atomic E-state index is 0.0660. The number of aliphatic hydroxyl groups excluding tert-OH is 2. The maximum absolute atomic E-state index is 9.56. The number of benzene rings is 1. The third kappa shape index (κ3) is 4.31. The molecule has 90 valence electrons. The first-order valence-electron chi connectivity index (χ1n) is 5.59. The molecule has 0 aromatic heterocycles. The molecular weight excluding hydrogens is 204 g/mol. The topological polar surface area (TPSA) is 49.7 Å². The van der Waals surface area contributed by atoms with Gasteiger partial charge in [0.25, 0.3) is 0 Å². The SMILES string of the molecule is C[C@H](O)[C@H](O)[C@H](C)COCc1ccccc1. The molecule has 1 aromatic carbocycles. The second-order valence-electron chi connectivity index (χ2n) is 4.21. The van der Waals surface area contributed by atoms with Crippen molar-refractivity contribution < 1.29 is 14.9 Å². The van der Waals surface area contributed by atoms with Gasteiger partial charge in [-0.05, 0) is 12.5 Å². The smallest absolute Gasteiger partial charge is 0.0843 e. The van der Waals surface area contributed by atoms with Crippen LogP contribution in [0.5, 0.6) is 0 Å². The molecular formula is C13H20O3. The van der Waals surface area contributed by atoms with Crippen LogP contribution in [0.4, 0.5) is 0 Å². The van der Waals surface area contributed by atoms with Crippen molar-refractivity contribution in [2.24, 2.45) is 5.92 Å². The quantitative estimate of drug-likeness (QED) is 0.771. The van der Waals surface area contributed by atoms with E-state index >= 15 is 0 Å². The highest BCUT2D eigenvalue weighted by atomic mass is 16.5. The van der Waals surface area contributed by atoms with Gasteiger partial charge >= 0.3 is 0 Å². The fraction of sp³-hybridized carbons (Fsp3) is 0.538. The lowest BCUT2D eigenvalue weighted by molar-refractivity contribution is -0.0338. The second kappa shape index (κ2) is 6.63. The molecule has 0 unspecified atom stereocenters. The molecule has 3 atom stereocenters. The minimum Gasteiger partial charge on any atom is -0.391 e. The molecule has 0 heterocycles. The Morgan fingerprint density at radius 1 is 1.12 bits per heavy atom. The van der Waals surface area contributed by atoms with Gasteiger partial charge < -0.3 is 14.9 Å². The summed E-state index contributed by atoms with van der Waals surface area (Å²) in [6, 6.07) is 9.88. The molecule has 2 N–H and O–H groups in total. The van der Waals surface area contributed by atoms with Gasteiger partial charge in [0.05, 0.1) is 25.4 Å². The third-order valence-corrected chi connectivity index (χ3v) is 2.57. The lowest BCUT2D eigenvalue weighted by Crippen LogP contribution is -2.32. The summed E-state index contributed by atoms with van der Waals surface area (Å²) in [6.07, 6.45) is -1.44. The maximum Gasteiger partial charge on any atom is 0.0843 e. The van der Waals surface area contributed by atoms with Crippen molar-refractivity contribution in [1.82, 2.24) is 0 Å². The molecule has 0 radical (unpaired) electrons. The van der Waals surface area contributed by atoms with E-state index in [9.17, 15) is 10.2 Å². The first kappa shape index (κ1) is 13.2. The van der Waals surface area contributed by atoms with Gasteiger partial charge in [-0.2, -0.15) is 0 Å². The van der Waals surface area contributed by atoms with Crippen LogP contribution in [-0.4, -0.2) is 29.0 Å². The summed E-state index contributed by atoms with van der Waals surface area (Å²) in [4.78, 5) is 0. The van der Waals surface area contributed by atoms with Crippen molar-refractivity contribution in [3.05, 3.63) is 35.9 Å². The third-order valence-electron chi connectivity index (χ3n) is 2.57. The van der Waals surface area contributed by atoms with Crippen molar-refractivity contribution in [1.29, 1.82) is 0 Å². The molecule has 0 saturated heterocycles. The number of aliphatic hydroxyl groups is 2. The van der Waals surface area contributed by atoms with Crippen LogP contribution in [-0.2, 0) is 11.3 Å². The summed E-state index contributed by atoms with van der Waals surface area (Å²) < 4.78 is 5.48. The predicted octanol–water partition coefficient (Wildman–Crippen LogP) is 1.58. The van der Waals surface area contributed by atoms with Gasteiger partial charge in [0.1, 0.15) is 0 Å². The summed E-state index contributed by atoms with van der Waals surface area (Å²) in [5.41, 5.74) is 1.11. The van der Waals surface area contributed by atoms with E-state index in [0.29, 0.717) is 13.2 Å². The van der Waals surface area contributed by atoms with Crippen LogP contribution in [0.15, 0.2) is 30.3 Å². The van der Waals surface area contributed by atoms with E-state index in [1.54, 1.807) is 6.92 Å². The molecule has 0 amide bonds. The Balaban J connectivity index is 2.25. The van der Waals surface area contributed by atoms with Crippen molar-refractivity contribution >= 4 is 0 Å². The zero-order valence-electron chi connectivity index (χ0n) is 9.84. The summed E-state index contributed by atoms with van der Waals surface area (Å²) in [7, 11) is 0. The molecule has 1 aromatic rings. The van der Waals surface area contributed by atoms with Gasteiger partial charge in [-0.25, -0.2) is 0 Å². The van der Waals surface area contributed by atoms with Crippen molar-refractivity contribution in [3.63, 3.8) is 0 Å². The summed E-state index contributed by atoms with van der Waals surface area (Å²) in [5.74, 6) is -0.0660. The highest BCUT2D eigenvalue weighted by Gasteiger charge is 2.19. The normalized spacial score (nSPS) is 16.8. The highest BCUT2D eigenvalue weighted by molar-refractivity contribution is 5.13. The first-order valence-corrected chi connectivity index (χ1v) is 5.59. The van der Waals surface area contributed by atoms with Crippen LogP contribution in [0.2, 0.25) is 0 Å². The molecule has 3 heteroatoms. The molecule has 0 aliphatic heterocycles. The van der Waals surface area contributed by atoms with Crippen molar-refractivity contribution in [2.45, 2.75) is 32.7 Å². The van der Waals surface area contributed by atoms with Crippen LogP contribution < -0.4 is 0 Å². The van der Waals surface area contributed by atoms with Gasteiger partial charge in [-0.15, -0.1) is 0 Å². The summed E-state index contributed by atoms with van der Waals surface area (Å²) in [5, 5.41) is 18.8. The van der Waals surface area contributed by atoms with Gasteiger partial charge in [0.15, 0.2) is 0 Å². The Morgan fingerprint density at radius 3 is 2.31 bits per heavy atom. The largest absolute Gasteiger partial charge is 0.391 e. The zero-order valence-corrected chi connectivity index (χ0v) is 9.84. The molecule has 0 bridgehead atoms. The van der Waals surface area contributed by atoms with E-state index in [-0.39, 0.29) is 5.92 Å². The first-order chi connectivity index (χ1) is 7.61. The fourth-order valence-electron chi connectivity index (χ4n) is 1.51.